The van der Waals surface area contributed by atoms with Crippen LogP contribution in [0.4, 0.5) is 4.39 Å². The molecule has 4 nitrogen and oxygen atoms in total. The van der Waals surface area contributed by atoms with Crippen molar-refractivity contribution in [3.63, 3.8) is 0 Å². The standard InChI is InChI=1S/C29H29ClFN3O/c1-20-5-2-3-7-25(20)28-32-27-13-10-23(22-8-11-24(30)12-9-22)17-26(27)29(35)34(28)19-21-6-4-15-33(18-21)16-14-31/h2-3,5,7-13,17,21H,4,6,14-16,18-19H2,1H3. The predicted octanol–water partition coefficient (Wildman–Crippen LogP) is 6.37. The van der Waals surface area contributed by atoms with E-state index < -0.39 is 0 Å². The highest BCUT2D eigenvalue weighted by molar-refractivity contribution is 6.30. The molecule has 0 bridgehead atoms. The van der Waals surface area contributed by atoms with Gasteiger partial charge < -0.3 is 4.90 Å². The first kappa shape index (κ1) is 23.7. The minimum atomic E-state index is -0.341. The summed E-state index contributed by atoms with van der Waals surface area (Å²) in [7, 11) is 0. The molecule has 6 heteroatoms. The number of likely N-dealkylation sites (tertiary alicyclic amines) is 1. The number of halogens is 2. The second-order valence-electron chi connectivity index (χ2n) is 9.40. The van der Waals surface area contributed by atoms with E-state index in [-0.39, 0.29) is 18.2 Å². The summed E-state index contributed by atoms with van der Waals surface area (Å²) in [5.41, 5.74) is 4.64. The van der Waals surface area contributed by atoms with Crippen LogP contribution in [0.15, 0.2) is 71.5 Å². The molecule has 5 rings (SSSR count). The van der Waals surface area contributed by atoms with Crippen molar-refractivity contribution in [3.05, 3.63) is 87.7 Å². The van der Waals surface area contributed by atoms with Crippen LogP contribution >= 0.6 is 11.6 Å². The summed E-state index contributed by atoms with van der Waals surface area (Å²) in [5, 5.41) is 1.28. The summed E-state index contributed by atoms with van der Waals surface area (Å²) in [6.45, 7) is 4.44. The smallest absolute Gasteiger partial charge is 0.261 e. The molecule has 2 heterocycles. The number of rotatable bonds is 6. The van der Waals surface area contributed by atoms with Gasteiger partial charge in [-0.1, -0.05) is 54.1 Å². The number of nitrogens with zero attached hydrogens (tertiary/aromatic N) is 3. The van der Waals surface area contributed by atoms with Gasteiger partial charge in [-0.25, -0.2) is 9.37 Å². The van der Waals surface area contributed by atoms with Gasteiger partial charge in [-0.3, -0.25) is 9.36 Å². The molecule has 1 atom stereocenters. The molecular weight excluding hydrogens is 461 g/mol. The van der Waals surface area contributed by atoms with Crippen LogP contribution in [0.25, 0.3) is 33.4 Å². The molecule has 1 unspecified atom stereocenters. The second-order valence-corrected chi connectivity index (χ2v) is 9.84. The average molecular weight is 490 g/mol. The van der Waals surface area contributed by atoms with Crippen molar-refractivity contribution in [2.45, 2.75) is 26.3 Å². The van der Waals surface area contributed by atoms with Gasteiger partial charge in [0.05, 0.1) is 10.9 Å². The summed E-state index contributed by atoms with van der Waals surface area (Å²) in [6, 6.07) is 21.5. The van der Waals surface area contributed by atoms with Crippen molar-refractivity contribution in [2.75, 3.05) is 26.3 Å². The number of fused-ring (bicyclic) bond motifs is 1. The Morgan fingerprint density at radius 1 is 1.06 bits per heavy atom. The average Bonchev–Trinajstić information content (AvgIpc) is 2.87. The van der Waals surface area contributed by atoms with Gasteiger partial charge in [0.1, 0.15) is 12.5 Å². The lowest BCUT2D eigenvalue weighted by atomic mass is 9.97. The van der Waals surface area contributed by atoms with Crippen molar-refractivity contribution in [1.29, 1.82) is 0 Å². The topological polar surface area (TPSA) is 38.1 Å². The minimum absolute atomic E-state index is 0.0355. The molecule has 0 amide bonds. The Morgan fingerprint density at radius 3 is 2.60 bits per heavy atom. The second kappa shape index (κ2) is 10.3. The molecule has 0 N–H and O–H groups in total. The fourth-order valence-corrected chi connectivity index (χ4v) is 5.25. The van der Waals surface area contributed by atoms with Gasteiger partial charge in [0.25, 0.3) is 5.56 Å². The predicted molar refractivity (Wildman–Crippen MR) is 142 cm³/mol. The fourth-order valence-electron chi connectivity index (χ4n) is 5.12. The maximum absolute atomic E-state index is 14.0. The van der Waals surface area contributed by atoms with E-state index in [9.17, 15) is 9.18 Å². The normalized spacial score (nSPS) is 16.6. The largest absolute Gasteiger partial charge is 0.300 e. The number of alkyl halides is 1. The van der Waals surface area contributed by atoms with Gasteiger partial charge in [0.2, 0.25) is 0 Å². The number of aryl methyl sites for hydroxylation is 1. The van der Waals surface area contributed by atoms with Crippen LogP contribution in [-0.4, -0.2) is 40.8 Å². The third-order valence-electron chi connectivity index (χ3n) is 6.96. The molecule has 3 aromatic carbocycles. The first-order chi connectivity index (χ1) is 17.0. The van der Waals surface area contributed by atoms with Crippen LogP contribution in [-0.2, 0) is 6.54 Å². The lowest BCUT2D eigenvalue weighted by Crippen LogP contribution is -2.39. The third-order valence-corrected chi connectivity index (χ3v) is 7.21. The molecule has 0 radical (unpaired) electrons. The van der Waals surface area contributed by atoms with Gasteiger partial charge in [0, 0.05) is 30.2 Å². The lowest BCUT2D eigenvalue weighted by Gasteiger charge is -2.32. The van der Waals surface area contributed by atoms with Crippen LogP contribution < -0.4 is 5.56 Å². The van der Waals surface area contributed by atoms with Crippen molar-refractivity contribution < 1.29 is 4.39 Å². The molecule has 180 valence electrons. The molecule has 1 aromatic heterocycles. The van der Waals surface area contributed by atoms with Gasteiger partial charge in [0.15, 0.2) is 0 Å². The first-order valence-electron chi connectivity index (χ1n) is 12.2. The van der Waals surface area contributed by atoms with E-state index >= 15 is 0 Å². The van der Waals surface area contributed by atoms with E-state index in [0.29, 0.717) is 34.8 Å². The fraction of sp³-hybridized carbons (Fsp3) is 0.310. The highest BCUT2D eigenvalue weighted by atomic mass is 35.5. The highest BCUT2D eigenvalue weighted by Gasteiger charge is 2.23. The van der Waals surface area contributed by atoms with E-state index in [1.807, 2.05) is 78.2 Å². The van der Waals surface area contributed by atoms with Gasteiger partial charge in [-0.05, 0) is 73.2 Å². The van der Waals surface area contributed by atoms with Crippen LogP contribution in [0, 0.1) is 12.8 Å². The molecule has 0 saturated carbocycles. The van der Waals surface area contributed by atoms with E-state index in [1.54, 1.807) is 0 Å². The maximum Gasteiger partial charge on any atom is 0.261 e. The summed E-state index contributed by atoms with van der Waals surface area (Å²) in [5.74, 6) is 0.969. The molecule has 0 aliphatic carbocycles. The van der Waals surface area contributed by atoms with E-state index in [1.165, 1.54) is 0 Å². The van der Waals surface area contributed by atoms with Crippen LogP contribution in [0.3, 0.4) is 0 Å². The van der Waals surface area contributed by atoms with Gasteiger partial charge in [-0.2, -0.15) is 0 Å². The molecule has 35 heavy (non-hydrogen) atoms. The summed E-state index contributed by atoms with van der Waals surface area (Å²) >= 11 is 6.06. The van der Waals surface area contributed by atoms with E-state index in [0.717, 1.165) is 48.2 Å². The molecule has 4 aromatic rings. The number of hydrogen-bond acceptors (Lipinski definition) is 3. The molecule has 1 aliphatic heterocycles. The van der Waals surface area contributed by atoms with Crippen molar-refractivity contribution in [3.8, 4) is 22.5 Å². The van der Waals surface area contributed by atoms with E-state index in [2.05, 4.69) is 4.90 Å². The van der Waals surface area contributed by atoms with Gasteiger partial charge in [-0.15, -0.1) is 0 Å². The Labute approximate surface area is 210 Å². The van der Waals surface area contributed by atoms with Crippen LogP contribution in [0.5, 0.6) is 0 Å². The molecular formula is C29H29ClFN3O. The molecule has 1 fully saturated rings. The van der Waals surface area contributed by atoms with Crippen LogP contribution in [0.2, 0.25) is 5.02 Å². The number of aromatic nitrogens is 2. The van der Waals surface area contributed by atoms with E-state index in [4.69, 9.17) is 16.6 Å². The summed E-state index contributed by atoms with van der Waals surface area (Å²) < 4.78 is 14.8. The Kier molecular flexibility index (Phi) is 6.98. The Morgan fingerprint density at radius 2 is 1.83 bits per heavy atom. The monoisotopic (exact) mass is 489 g/mol. The van der Waals surface area contributed by atoms with Gasteiger partial charge >= 0.3 is 0 Å². The Bertz CT molecular complexity index is 1400. The summed E-state index contributed by atoms with van der Waals surface area (Å²) in [4.78, 5) is 21.2. The van der Waals surface area contributed by atoms with Crippen molar-refractivity contribution >= 4 is 22.5 Å². The quantitative estimate of drug-likeness (QED) is 0.315. The maximum atomic E-state index is 14.0. The molecule has 0 spiro atoms. The highest BCUT2D eigenvalue weighted by Crippen LogP contribution is 2.28. The lowest BCUT2D eigenvalue weighted by molar-refractivity contribution is 0.152. The SMILES string of the molecule is Cc1ccccc1-c1nc2ccc(-c3ccc(Cl)cc3)cc2c(=O)n1CC1CCCN(CCF)C1. The summed E-state index contributed by atoms with van der Waals surface area (Å²) in [6.07, 6.45) is 2.03. The third kappa shape index (κ3) is 5.02. The zero-order valence-corrected chi connectivity index (χ0v) is 20.6. The van der Waals surface area contributed by atoms with Crippen molar-refractivity contribution in [2.24, 2.45) is 5.92 Å². The Hall–Kier alpha value is -3.02. The van der Waals surface area contributed by atoms with Crippen molar-refractivity contribution in [1.82, 2.24) is 14.5 Å². The Balaban J connectivity index is 1.63. The number of benzene rings is 3. The molecule has 1 aliphatic rings. The minimum Gasteiger partial charge on any atom is -0.300 e. The molecule has 1 saturated heterocycles. The zero-order chi connectivity index (χ0) is 24.4. The number of hydrogen-bond donors (Lipinski definition) is 0. The van der Waals surface area contributed by atoms with Crippen LogP contribution in [0.1, 0.15) is 18.4 Å². The zero-order valence-electron chi connectivity index (χ0n) is 19.9. The first-order valence-corrected chi connectivity index (χ1v) is 12.6. The number of piperidine rings is 1.